The van der Waals surface area contributed by atoms with Gasteiger partial charge in [0.25, 0.3) is 0 Å². The van der Waals surface area contributed by atoms with E-state index in [9.17, 15) is 0 Å². The molecule has 6 nitrogen and oxygen atoms in total. The van der Waals surface area contributed by atoms with Crippen LogP contribution in [0.3, 0.4) is 0 Å². The molecule has 0 amide bonds. The summed E-state index contributed by atoms with van der Waals surface area (Å²) in [6.45, 7) is 0. The van der Waals surface area contributed by atoms with Crippen molar-refractivity contribution in [2.75, 3.05) is 0 Å². The van der Waals surface area contributed by atoms with Crippen molar-refractivity contribution >= 4 is 0 Å². The second-order valence-corrected chi connectivity index (χ2v) is 19.9. The van der Waals surface area contributed by atoms with Gasteiger partial charge in [-0.1, -0.05) is 194 Å². The van der Waals surface area contributed by atoms with Crippen molar-refractivity contribution in [3.05, 3.63) is 217 Å². The topological polar surface area (TPSA) is 77.3 Å². The molecular formula is C64H48N6. The molecule has 0 unspecified atom stereocenters. The SMILES string of the molecule is c1ccc(-c2nc(-c3ccccc3)nc(-c3cccc(-c4cccc5c4-c4c(-c6cccc(-c7nc(-c8ccccc8)nc(-c8ccccc8)n7)c6)cccc4C54C5CC6CC(C5)CC4C6)c3)n2)cc1. The van der Waals surface area contributed by atoms with Crippen LogP contribution in [0.15, 0.2) is 206 Å². The quantitative estimate of drug-likeness (QED) is 0.151. The average molecular weight is 901 g/mol. The molecule has 70 heavy (non-hydrogen) atoms. The summed E-state index contributed by atoms with van der Waals surface area (Å²) in [5.74, 6) is 6.84. The van der Waals surface area contributed by atoms with E-state index < -0.39 is 0 Å². The lowest BCUT2D eigenvalue weighted by Gasteiger charge is -2.61. The number of nitrogens with zero attached hydrogens (tertiary/aromatic N) is 6. The van der Waals surface area contributed by atoms with Gasteiger partial charge in [0.2, 0.25) is 0 Å². The molecule has 0 atom stereocenters. The third kappa shape index (κ3) is 6.68. The van der Waals surface area contributed by atoms with Crippen molar-refractivity contribution in [2.24, 2.45) is 23.7 Å². The van der Waals surface area contributed by atoms with Gasteiger partial charge < -0.3 is 0 Å². The first-order valence-electron chi connectivity index (χ1n) is 24.9. The van der Waals surface area contributed by atoms with Crippen LogP contribution in [0, 0.1) is 23.7 Å². The fraction of sp³-hybridized carbons (Fsp3) is 0.156. The van der Waals surface area contributed by atoms with Crippen molar-refractivity contribution in [1.82, 2.24) is 29.9 Å². The van der Waals surface area contributed by atoms with E-state index in [-0.39, 0.29) is 5.41 Å². The lowest BCUT2D eigenvalue weighted by atomic mass is 9.43. The van der Waals surface area contributed by atoms with Gasteiger partial charge in [-0.2, -0.15) is 0 Å². The number of hydrogen-bond acceptors (Lipinski definition) is 6. The van der Waals surface area contributed by atoms with Gasteiger partial charge in [0.1, 0.15) is 0 Å². The van der Waals surface area contributed by atoms with Crippen LogP contribution < -0.4 is 0 Å². The van der Waals surface area contributed by atoms with Crippen LogP contribution in [0.5, 0.6) is 0 Å². The van der Waals surface area contributed by atoms with Crippen LogP contribution in [0.1, 0.15) is 43.2 Å². The summed E-state index contributed by atoms with van der Waals surface area (Å²) in [4.78, 5) is 30.6. The monoisotopic (exact) mass is 900 g/mol. The van der Waals surface area contributed by atoms with Gasteiger partial charge in [-0.25, -0.2) is 29.9 Å². The molecule has 2 heterocycles. The van der Waals surface area contributed by atoms with Crippen molar-refractivity contribution in [3.63, 3.8) is 0 Å². The molecule has 0 N–H and O–H groups in total. The van der Waals surface area contributed by atoms with E-state index >= 15 is 0 Å². The van der Waals surface area contributed by atoms with Gasteiger partial charge >= 0.3 is 0 Å². The van der Waals surface area contributed by atoms with E-state index in [0.29, 0.717) is 46.8 Å². The Bertz CT molecular complexity index is 3250. The van der Waals surface area contributed by atoms with Crippen molar-refractivity contribution < 1.29 is 0 Å². The Balaban J connectivity index is 0.948. The first kappa shape index (κ1) is 40.8. The van der Waals surface area contributed by atoms with Crippen LogP contribution in [0.25, 0.3) is 102 Å². The van der Waals surface area contributed by atoms with Crippen molar-refractivity contribution in [1.29, 1.82) is 0 Å². The second kappa shape index (κ2) is 16.5. The van der Waals surface area contributed by atoms with Gasteiger partial charge in [0.15, 0.2) is 34.9 Å². The molecule has 2 aromatic heterocycles. The minimum absolute atomic E-state index is 0.0356. The molecule has 5 aliphatic carbocycles. The van der Waals surface area contributed by atoms with E-state index in [4.69, 9.17) is 29.9 Å². The van der Waals surface area contributed by atoms with Gasteiger partial charge in [0, 0.05) is 38.8 Å². The molecule has 8 aromatic carbocycles. The highest BCUT2D eigenvalue weighted by Crippen LogP contribution is 2.71. The average Bonchev–Trinajstić information content (AvgIpc) is 3.75. The smallest absolute Gasteiger partial charge is 0.164 e. The molecule has 1 spiro atoms. The zero-order chi connectivity index (χ0) is 46.2. The lowest BCUT2D eigenvalue weighted by molar-refractivity contribution is -0.0399. The van der Waals surface area contributed by atoms with Gasteiger partial charge in [-0.3, -0.25) is 0 Å². The fourth-order valence-corrected chi connectivity index (χ4v) is 13.3. The summed E-state index contributed by atoms with van der Waals surface area (Å²) >= 11 is 0. The maximum atomic E-state index is 5.16. The molecule has 0 saturated heterocycles. The summed E-state index contributed by atoms with van der Waals surface area (Å²) in [6.07, 6.45) is 6.65. The Labute approximate surface area is 408 Å². The summed E-state index contributed by atoms with van der Waals surface area (Å²) in [6, 6.07) is 73.0. The van der Waals surface area contributed by atoms with Crippen LogP contribution in [0.2, 0.25) is 0 Å². The molecule has 4 saturated carbocycles. The Morgan fingerprint density at radius 2 is 0.557 bits per heavy atom. The molecule has 0 radical (unpaired) electrons. The Morgan fingerprint density at radius 3 is 0.900 bits per heavy atom. The maximum absolute atomic E-state index is 5.16. The third-order valence-corrected chi connectivity index (χ3v) is 16.0. The highest BCUT2D eigenvalue weighted by molar-refractivity contribution is 6.00. The number of rotatable bonds is 8. The molecule has 5 aliphatic rings. The number of benzene rings is 8. The van der Waals surface area contributed by atoms with Crippen LogP contribution in [0.4, 0.5) is 0 Å². The largest absolute Gasteiger partial charge is 0.208 e. The minimum atomic E-state index is -0.0356. The van der Waals surface area contributed by atoms with Crippen LogP contribution in [-0.2, 0) is 5.41 Å². The number of fused-ring (bicyclic) bond motifs is 3. The highest BCUT2D eigenvalue weighted by atomic mass is 15.0. The third-order valence-electron chi connectivity index (χ3n) is 16.0. The normalized spacial score (nSPS) is 19.0. The molecule has 6 heteroatoms. The van der Waals surface area contributed by atoms with Gasteiger partial charge in [-0.05, 0) is 112 Å². The van der Waals surface area contributed by atoms with E-state index in [1.165, 1.54) is 65.5 Å². The first-order chi connectivity index (χ1) is 34.6. The lowest BCUT2D eigenvalue weighted by Crippen LogP contribution is -2.55. The first-order valence-corrected chi connectivity index (χ1v) is 24.9. The maximum Gasteiger partial charge on any atom is 0.164 e. The number of hydrogen-bond donors (Lipinski definition) is 0. The standard InChI is InChI=1S/C64H48N6/c1-5-17-42(18-6-1)58-65-59(43-19-7-2-8-20-43)68-62(67-58)48-27-13-25-46(38-48)52-29-15-31-54-56(52)57-53(30-16-32-55(57)64(54)50-34-40-33-41(36-50)37-51(64)35-40)47-26-14-28-49(39-47)63-69-60(44-21-9-3-10-22-44)66-61(70-63)45-23-11-4-12-24-45/h1-32,38-41,50-51H,33-37H2. The summed E-state index contributed by atoms with van der Waals surface area (Å²) in [7, 11) is 0. The van der Waals surface area contributed by atoms with E-state index in [0.717, 1.165) is 56.3 Å². The number of aromatic nitrogens is 6. The second-order valence-electron chi connectivity index (χ2n) is 19.9. The molecule has 15 rings (SSSR count). The molecule has 334 valence electrons. The predicted octanol–water partition coefficient (Wildman–Crippen LogP) is 15.1. The Kier molecular flexibility index (Phi) is 9.61. The van der Waals surface area contributed by atoms with Crippen LogP contribution >= 0.6 is 0 Å². The van der Waals surface area contributed by atoms with E-state index in [2.05, 4.69) is 133 Å². The minimum Gasteiger partial charge on any atom is -0.208 e. The Morgan fingerprint density at radius 1 is 0.271 bits per heavy atom. The molecule has 4 bridgehead atoms. The zero-order valence-electron chi connectivity index (χ0n) is 38.7. The molecule has 10 aromatic rings. The Hall–Kier alpha value is -8.22. The molecular weight excluding hydrogens is 853 g/mol. The predicted molar refractivity (Wildman–Crippen MR) is 280 cm³/mol. The molecule has 4 fully saturated rings. The summed E-state index contributed by atoms with van der Waals surface area (Å²) in [5.41, 5.74) is 16.3. The van der Waals surface area contributed by atoms with Crippen molar-refractivity contribution in [3.8, 4) is 102 Å². The zero-order valence-corrected chi connectivity index (χ0v) is 38.7. The fourth-order valence-electron chi connectivity index (χ4n) is 13.3. The van der Waals surface area contributed by atoms with Crippen LogP contribution in [-0.4, -0.2) is 29.9 Å². The van der Waals surface area contributed by atoms with Gasteiger partial charge in [-0.15, -0.1) is 0 Å². The van der Waals surface area contributed by atoms with E-state index in [1.54, 1.807) is 0 Å². The van der Waals surface area contributed by atoms with Gasteiger partial charge in [0.05, 0.1) is 0 Å². The summed E-state index contributed by atoms with van der Waals surface area (Å²) < 4.78 is 0. The van der Waals surface area contributed by atoms with E-state index in [1.807, 2.05) is 72.8 Å². The molecule has 0 aliphatic heterocycles. The summed E-state index contributed by atoms with van der Waals surface area (Å²) in [5, 5.41) is 0. The van der Waals surface area contributed by atoms with Crippen molar-refractivity contribution in [2.45, 2.75) is 37.5 Å². The highest BCUT2D eigenvalue weighted by Gasteiger charge is 2.62.